The van der Waals surface area contributed by atoms with Crippen LogP contribution in [0, 0.1) is 0 Å². The van der Waals surface area contributed by atoms with Gasteiger partial charge in [-0.1, -0.05) is 0 Å². The molecule has 0 spiro atoms. The normalized spacial score (nSPS) is 10.5. The number of pyridine rings is 1. The van der Waals surface area contributed by atoms with Gasteiger partial charge in [0.05, 0.1) is 10.6 Å². The predicted molar refractivity (Wildman–Crippen MR) is 90.7 cm³/mol. The molecule has 3 nitrogen and oxygen atoms in total. The number of halogens is 1. The van der Waals surface area contributed by atoms with Gasteiger partial charge in [-0.2, -0.15) is 11.3 Å². The Labute approximate surface area is 138 Å². The largest absolute Gasteiger partial charge is 0.347 e. The molecule has 6 heteroatoms. The maximum atomic E-state index is 12.0. The molecule has 0 aromatic carbocycles. The maximum Gasteiger partial charge on any atom is 0.261 e. The highest BCUT2D eigenvalue weighted by atomic mass is 79.9. The molecule has 3 heterocycles. The quantitative estimate of drug-likeness (QED) is 0.722. The first-order valence-electron chi connectivity index (χ1n) is 6.22. The average Bonchev–Trinajstić information content (AvgIpc) is 3.16. The van der Waals surface area contributed by atoms with E-state index in [2.05, 4.69) is 31.6 Å². The molecule has 1 N–H and O–H groups in total. The number of nitrogens with zero attached hydrogens (tertiary/aromatic N) is 1. The van der Waals surface area contributed by atoms with Gasteiger partial charge >= 0.3 is 0 Å². The summed E-state index contributed by atoms with van der Waals surface area (Å²) in [6, 6.07) is 7.79. The Balaban J connectivity index is 1.68. The van der Waals surface area contributed by atoms with Crippen molar-refractivity contribution < 1.29 is 4.79 Å². The first kappa shape index (κ1) is 14.4. The summed E-state index contributed by atoms with van der Waals surface area (Å²) < 4.78 is 0.932. The lowest BCUT2D eigenvalue weighted by Gasteiger charge is -2.05. The molecule has 3 aromatic heterocycles. The molecular formula is C15H11BrN2OS2. The van der Waals surface area contributed by atoms with Crippen LogP contribution in [-0.4, -0.2) is 10.9 Å². The number of carbonyl (C=O) groups excluding carboxylic acids is 1. The number of nitrogens with one attached hydrogen (secondary N) is 1. The second kappa shape index (κ2) is 6.51. The van der Waals surface area contributed by atoms with E-state index in [9.17, 15) is 4.79 Å². The lowest BCUT2D eigenvalue weighted by Crippen LogP contribution is -2.21. The van der Waals surface area contributed by atoms with Crippen LogP contribution in [0.1, 0.15) is 15.2 Å². The van der Waals surface area contributed by atoms with Gasteiger partial charge in [-0.05, 0) is 51.1 Å². The van der Waals surface area contributed by atoms with Crippen molar-refractivity contribution in [1.29, 1.82) is 0 Å². The molecule has 106 valence electrons. The van der Waals surface area contributed by atoms with E-state index in [1.165, 1.54) is 11.3 Å². The monoisotopic (exact) mass is 378 g/mol. The molecule has 0 atom stereocenters. The average molecular weight is 379 g/mol. The van der Waals surface area contributed by atoms with Crippen LogP contribution in [0.15, 0.2) is 51.1 Å². The fourth-order valence-corrected chi connectivity index (χ4v) is 3.85. The minimum absolute atomic E-state index is 0.0559. The van der Waals surface area contributed by atoms with Crippen LogP contribution in [0.25, 0.3) is 11.3 Å². The Morgan fingerprint density at radius 3 is 2.90 bits per heavy atom. The Morgan fingerprint density at radius 2 is 2.19 bits per heavy atom. The minimum atomic E-state index is -0.0559. The summed E-state index contributed by atoms with van der Waals surface area (Å²) in [6.45, 7) is 0.494. The molecule has 0 aliphatic carbocycles. The van der Waals surface area contributed by atoms with Crippen LogP contribution in [0.2, 0.25) is 0 Å². The van der Waals surface area contributed by atoms with Crippen LogP contribution < -0.4 is 5.32 Å². The number of aromatic nitrogens is 1. The first-order chi connectivity index (χ1) is 10.2. The lowest BCUT2D eigenvalue weighted by atomic mass is 10.1. The summed E-state index contributed by atoms with van der Waals surface area (Å²) in [6.07, 6.45) is 1.77. The molecule has 0 saturated heterocycles. The van der Waals surface area contributed by atoms with Gasteiger partial charge < -0.3 is 5.32 Å². The number of amides is 1. The molecule has 0 aliphatic heterocycles. The Morgan fingerprint density at radius 1 is 1.29 bits per heavy atom. The van der Waals surface area contributed by atoms with Gasteiger partial charge in [0.2, 0.25) is 0 Å². The van der Waals surface area contributed by atoms with Crippen LogP contribution in [0.5, 0.6) is 0 Å². The van der Waals surface area contributed by atoms with Crippen molar-refractivity contribution in [1.82, 2.24) is 10.3 Å². The predicted octanol–water partition coefficient (Wildman–Crippen LogP) is 4.56. The van der Waals surface area contributed by atoms with E-state index in [4.69, 9.17) is 0 Å². The summed E-state index contributed by atoms with van der Waals surface area (Å²) >= 11 is 6.42. The van der Waals surface area contributed by atoms with Crippen LogP contribution in [-0.2, 0) is 6.54 Å². The minimum Gasteiger partial charge on any atom is -0.347 e. The summed E-state index contributed by atoms with van der Waals surface area (Å²) in [5.74, 6) is -0.0559. The fourth-order valence-electron chi connectivity index (χ4n) is 1.85. The Hall–Kier alpha value is -1.50. The van der Waals surface area contributed by atoms with E-state index in [-0.39, 0.29) is 5.91 Å². The third kappa shape index (κ3) is 3.58. The molecule has 3 aromatic rings. The van der Waals surface area contributed by atoms with Gasteiger partial charge in [0.1, 0.15) is 0 Å². The third-order valence-electron chi connectivity index (χ3n) is 2.89. The molecule has 0 unspecified atom stereocenters. The van der Waals surface area contributed by atoms with Gasteiger partial charge in [0.15, 0.2) is 0 Å². The van der Waals surface area contributed by atoms with Crippen molar-refractivity contribution in [2.24, 2.45) is 0 Å². The highest BCUT2D eigenvalue weighted by molar-refractivity contribution is 9.10. The molecule has 0 radical (unpaired) electrons. The first-order valence-corrected chi connectivity index (χ1v) is 8.83. The molecule has 21 heavy (non-hydrogen) atoms. The molecule has 0 aliphatic rings. The number of thiophene rings is 2. The molecule has 0 fully saturated rings. The summed E-state index contributed by atoms with van der Waals surface area (Å²) in [5.41, 5.74) is 3.08. The van der Waals surface area contributed by atoms with E-state index in [0.717, 1.165) is 21.3 Å². The highest BCUT2D eigenvalue weighted by Crippen LogP contribution is 2.21. The smallest absolute Gasteiger partial charge is 0.261 e. The van der Waals surface area contributed by atoms with Gasteiger partial charge in [-0.25, -0.2) is 0 Å². The van der Waals surface area contributed by atoms with Crippen molar-refractivity contribution in [3.8, 4) is 11.3 Å². The molecule has 3 rings (SSSR count). The van der Waals surface area contributed by atoms with Gasteiger partial charge in [-0.15, -0.1) is 11.3 Å². The molecule has 1 amide bonds. The Bertz CT molecular complexity index is 753. The van der Waals surface area contributed by atoms with Crippen LogP contribution in [0.3, 0.4) is 0 Å². The molecule has 0 bridgehead atoms. The summed E-state index contributed by atoms with van der Waals surface area (Å²) in [4.78, 5) is 17.1. The lowest BCUT2D eigenvalue weighted by molar-refractivity contribution is 0.0955. The number of hydrogen-bond acceptors (Lipinski definition) is 4. The van der Waals surface area contributed by atoms with E-state index < -0.39 is 0 Å². The number of carbonyl (C=O) groups is 1. The second-order valence-corrected chi connectivity index (χ2v) is 6.98. The zero-order chi connectivity index (χ0) is 14.7. The van der Waals surface area contributed by atoms with E-state index in [1.807, 2.05) is 35.0 Å². The zero-order valence-corrected chi connectivity index (χ0v) is 14.1. The van der Waals surface area contributed by atoms with Crippen molar-refractivity contribution in [3.63, 3.8) is 0 Å². The molecular weight excluding hydrogens is 368 g/mol. The van der Waals surface area contributed by atoms with Crippen LogP contribution in [0.4, 0.5) is 0 Å². The van der Waals surface area contributed by atoms with Crippen molar-refractivity contribution in [2.45, 2.75) is 6.54 Å². The van der Waals surface area contributed by atoms with Crippen LogP contribution >= 0.6 is 38.6 Å². The van der Waals surface area contributed by atoms with Crippen molar-refractivity contribution >= 4 is 44.5 Å². The van der Waals surface area contributed by atoms with Gasteiger partial charge in [0.25, 0.3) is 5.91 Å². The standard InChI is InChI=1S/C15H11BrN2OS2/c16-12-6-14(21-9-12)15(19)18-7-10-1-3-17-13(5-10)11-2-4-20-8-11/h1-6,8-9H,7H2,(H,18,19). The number of rotatable bonds is 4. The van der Waals surface area contributed by atoms with Crippen molar-refractivity contribution in [3.05, 3.63) is 61.5 Å². The molecule has 0 saturated carbocycles. The maximum absolute atomic E-state index is 12.0. The highest BCUT2D eigenvalue weighted by Gasteiger charge is 2.08. The van der Waals surface area contributed by atoms with Gasteiger partial charge in [0, 0.05) is 33.5 Å². The van der Waals surface area contributed by atoms with Gasteiger partial charge in [-0.3, -0.25) is 9.78 Å². The third-order valence-corrected chi connectivity index (χ3v) is 5.26. The Kier molecular flexibility index (Phi) is 4.48. The van der Waals surface area contributed by atoms with Crippen molar-refractivity contribution in [2.75, 3.05) is 0 Å². The van der Waals surface area contributed by atoms with E-state index in [1.54, 1.807) is 17.5 Å². The number of hydrogen-bond donors (Lipinski definition) is 1. The van der Waals surface area contributed by atoms with E-state index >= 15 is 0 Å². The summed E-state index contributed by atoms with van der Waals surface area (Å²) in [7, 11) is 0. The SMILES string of the molecule is O=C(NCc1ccnc(-c2ccsc2)c1)c1cc(Br)cs1. The topological polar surface area (TPSA) is 42.0 Å². The fraction of sp³-hybridized carbons (Fsp3) is 0.0667. The zero-order valence-electron chi connectivity index (χ0n) is 10.9. The second-order valence-electron chi connectivity index (χ2n) is 4.37. The summed E-state index contributed by atoms with van der Waals surface area (Å²) in [5, 5.41) is 8.92. The van der Waals surface area contributed by atoms with E-state index in [0.29, 0.717) is 11.4 Å².